The van der Waals surface area contributed by atoms with E-state index in [0.717, 1.165) is 19.3 Å². The van der Waals surface area contributed by atoms with E-state index in [0.29, 0.717) is 32.4 Å². The number of alkyl carbamates (subject to hydrolysis) is 1. The zero-order valence-electron chi connectivity index (χ0n) is 32.2. The van der Waals surface area contributed by atoms with Crippen LogP contribution in [0.4, 0.5) is 9.59 Å². The third kappa shape index (κ3) is 10.4. The second kappa shape index (κ2) is 17.1. The molecule has 3 aliphatic rings. The Kier molecular flexibility index (Phi) is 14.0. The molecule has 0 aromatic carbocycles. The third-order valence-corrected chi connectivity index (χ3v) is 11.1. The molecule has 3 fully saturated rings. The van der Waals surface area contributed by atoms with Gasteiger partial charge in [-0.25, -0.2) is 9.59 Å². The van der Waals surface area contributed by atoms with Crippen molar-refractivity contribution in [2.45, 2.75) is 144 Å². The number of carbonyl (C=O) groups is 6. The Morgan fingerprint density at radius 3 is 2.18 bits per heavy atom. The molecule has 0 aromatic heterocycles. The molecule has 3 unspecified atom stereocenters. The van der Waals surface area contributed by atoms with E-state index >= 15 is 0 Å². The minimum absolute atomic E-state index is 0.0537. The number of likely N-dealkylation sites (tertiary alicyclic amines) is 1. The van der Waals surface area contributed by atoms with Crippen molar-refractivity contribution >= 4 is 35.6 Å². The number of carbonyl (C=O) groups excluding carboxylic acids is 6. The second-order valence-corrected chi connectivity index (χ2v) is 16.9. The van der Waals surface area contributed by atoms with Crippen molar-refractivity contribution in [3.05, 3.63) is 0 Å². The van der Waals surface area contributed by atoms with Gasteiger partial charge < -0.3 is 36.2 Å². The average molecular weight is 715 g/mol. The van der Waals surface area contributed by atoms with Crippen molar-refractivity contribution in [2.75, 3.05) is 19.7 Å². The molecule has 1 aliphatic heterocycles. The van der Waals surface area contributed by atoms with E-state index in [1.165, 1.54) is 0 Å². The number of piperidine rings is 1. The topological polar surface area (TPSA) is 175 Å². The molecule has 286 valence electrons. The van der Waals surface area contributed by atoms with Gasteiger partial charge in [-0.2, -0.15) is 0 Å². The number of amides is 6. The molecular formula is C38H62N6O7. The predicted octanol–water partition coefficient (Wildman–Crippen LogP) is 3.65. The van der Waals surface area contributed by atoms with Crippen LogP contribution < -0.4 is 26.6 Å². The molecule has 0 aromatic rings. The largest absolute Gasteiger partial charge is 0.447 e. The summed E-state index contributed by atoms with van der Waals surface area (Å²) in [4.78, 5) is 82.3. The van der Waals surface area contributed by atoms with Crippen LogP contribution in [0.2, 0.25) is 0 Å². The number of ether oxygens (including phenoxy) is 1. The lowest BCUT2D eigenvalue weighted by Gasteiger charge is -2.43. The van der Waals surface area contributed by atoms with Crippen LogP contribution in [0.15, 0.2) is 0 Å². The maximum Gasteiger partial charge on any atom is 0.407 e. The molecular weight excluding hydrogens is 652 g/mol. The molecule has 13 nitrogen and oxygen atoms in total. The first-order valence-corrected chi connectivity index (χ1v) is 18.6. The van der Waals surface area contributed by atoms with Crippen LogP contribution in [0, 0.1) is 40.4 Å². The molecule has 5 N–H and O–H groups in total. The minimum atomic E-state index is -1.14. The van der Waals surface area contributed by atoms with Crippen molar-refractivity contribution in [1.29, 1.82) is 0 Å². The lowest BCUT2D eigenvalue weighted by molar-refractivity contribution is -0.146. The summed E-state index contributed by atoms with van der Waals surface area (Å²) >= 11 is 0. The highest BCUT2D eigenvalue weighted by Crippen LogP contribution is 2.65. The lowest BCUT2D eigenvalue weighted by atomic mass is 9.70. The average Bonchev–Trinajstić information content (AvgIpc) is 3.35. The molecule has 2 saturated carbocycles. The third-order valence-electron chi connectivity index (χ3n) is 11.1. The van der Waals surface area contributed by atoms with Crippen LogP contribution in [-0.2, 0) is 23.9 Å². The molecule has 2 aliphatic carbocycles. The monoisotopic (exact) mass is 714 g/mol. The summed E-state index contributed by atoms with van der Waals surface area (Å²) in [5, 5.41) is 14.0. The first-order valence-electron chi connectivity index (χ1n) is 18.6. The van der Waals surface area contributed by atoms with E-state index in [2.05, 4.69) is 46.4 Å². The Morgan fingerprint density at radius 1 is 0.961 bits per heavy atom. The molecule has 6 atom stereocenters. The van der Waals surface area contributed by atoms with Gasteiger partial charge in [-0.15, -0.1) is 12.3 Å². The molecule has 13 heteroatoms. The fourth-order valence-electron chi connectivity index (χ4n) is 7.67. The summed E-state index contributed by atoms with van der Waals surface area (Å²) < 4.78 is 5.42. The number of hydrogen-bond acceptors (Lipinski definition) is 7. The molecule has 1 heterocycles. The quantitative estimate of drug-likeness (QED) is 0.127. The summed E-state index contributed by atoms with van der Waals surface area (Å²) in [6, 6.07) is -4.24. The van der Waals surface area contributed by atoms with E-state index in [1.54, 1.807) is 4.90 Å². The van der Waals surface area contributed by atoms with Crippen LogP contribution in [0.5, 0.6) is 0 Å². The van der Waals surface area contributed by atoms with Gasteiger partial charge in [-0.05, 0) is 67.6 Å². The number of terminal acetylenes is 1. The summed E-state index contributed by atoms with van der Waals surface area (Å²) in [5.74, 6) is -0.0643. The van der Waals surface area contributed by atoms with Crippen molar-refractivity contribution < 1.29 is 33.5 Å². The number of rotatable bonds is 15. The summed E-state index contributed by atoms with van der Waals surface area (Å²) in [7, 11) is 0. The van der Waals surface area contributed by atoms with E-state index in [1.807, 2.05) is 48.5 Å². The number of ketones is 1. The maximum absolute atomic E-state index is 14.8. The van der Waals surface area contributed by atoms with Crippen molar-refractivity contribution in [1.82, 2.24) is 31.5 Å². The molecule has 51 heavy (non-hydrogen) atoms. The van der Waals surface area contributed by atoms with Gasteiger partial charge in [0.2, 0.25) is 17.6 Å². The van der Waals surface area contributed by atoms with E-state index < -0.39 is 64.7 Å². The number of Topliss-reactive ketones (excluding diaryl/α,β-unsaturated/α-hetero) is 1. The fourth-order valence-corrected chi connectivity index (χ4v) is 7.67. The van der Waals surface area contributed by atoms with E-state index in [-0.39, 0.29) is 48.6 Å². The Morgan fingerprint density at radius 2 is 1.61 bits per heavy atom. The summed E-state index contributed by atoms with van der Waals surface area (Å²) in [5.41, 5.74) is -1.29. The highest BCUT2D eigenvalue weighted by molar-refractivity contribution is 6.38. The number of hydrogen-bond donors (Lipinski definition) is 5. The molecule has 0 radical (unpaired) electrons. The summed E-state index contributed by atoms with van der Waals surface area (Å²) in [6.07, 6.45) is 10.0. The highest BCUT2D eigenvalue weighted by Gasteiger charge is 2.70. The highest BCUT2D eigenvalue weighted by atomic mass is 16.5. The molecule has 3 rings (SSSR count). The number of nitrogens with zero attached hydrogens (tertiary/aromatic N) is 1. The second-order valence-electron chi connectivity index (χ2n) is 16.9. The Bertz CT molecular complexity index is 1340. The molecule has 1 saturated heterocycles. The standard InChI is InChI=1S/C38H62N6O7/c1-11-13-17-25(29(45)32(47)39-20-12-2)41-31(46)28-27-24(37(27,8)9)21-44(28)33(48)30(38(10)18-15-14-16-19-38)43-34(49)42-26(36(5,6)7)22-51-35(50)40-23(3)4/h1,23-28,30H,12-22H2,2-10H3,(H,39,47)(H,40,50)(H,41,46)(H2,42,43,49)/t24?,25?,26-,27?,28+,30-/m1/s1. The van der Waals surface area contributed by atoms with Gasteiger partial charge in [0, 0.05) is 25.6 Å². The smallest absolute Gasteiger partial charge is 0.407 e. The SMILES string of the molecule is C#CCCC(NC(=O)[C@@H]1C2C(CN1C(=O)[C@@H](NC(=O)N[C@H](COC(=O)NC(C)C)C(C)(C)C)C1(C)CCCCC1)C2(C)C)C(=O)C(=O)NCCC. The van der Waals surface area contributed by atoms with Crippen LogP contribution >= 0.6 is 0 Å². The van der Waals surface area contributed by atoms with Gasteiger partial charge in [0.1, 0.15) is 18.7 Å². The summed E-state index contributed by atoms with van der Waals surface area (Å²) in [6.45, 7) is 18.0. The van der Waals surface area contributed by atoms with Crippen LogP contribution in [0.25, 0.3) is 0 Å². The Labute approximate surface area is 304 Å². The van der Waals surface area contributed by atoms with Crippen molar-refractivity contribution in [2.24, 2.45) is 28.1 Å². The normalized spacial score (nSPS) is 23.4. The van der Waals surface area contributed by atoms with Gasteiger partial charge >= 0.3 is 12.1 Å². The van der Waals surface area contributed by atoms with Crippen LogP contribution in [0.1, 0.15) is 114 Å². The van der Waals surface area contributed by atoms with Gasteiger partial charge in [0.25, 0.3) is 5.91 Å². The minimum Gasteiger partial charge on any atom is -0.447 e. The number of fused-ring (bicyclic) bond motifs is 1. The van der Waals surface area contributed by atoms with E-state index in [4.69, 9.17) is 11.2 Å². The predicted molar refractivity (Wildman–Crippen MR) is 194 cm³/mol. The molecule has 6 amide bonds. The zero-order valence-corrected chi connectivity index (χ0v) is 32.2. The van der Waals surface area contributed by atoms with Gasteiger partial charge in [-0.1, -0.05) is 67.7 Å². The zero-order chi connectivity index (χ0) is 38.3. The first kappa shape index (κ1) is 41.6. The van der Waals surface area contributed by atoms with Crippen molar-refractivity contribution in [3.63, 3.8) is 0 Å². The fraction of sp³-hybridized carbons (Fsp3) is 0.789. The van der Waals surface area contributed by atoms with Crippen molar-refractivity contribution in [3.8, 4) is 12.3 Å². The Balaban J connectivity index is 1.88. The van der Waals surface area contributed by atoms with E-state index in [9.17, 15) is 28.8 Å². The van der Waals surface area contributed by atoms with Gasteiger partial charge in [0.15, 0.2) is 0 Å². The molecule has 0 spiro atoms. The Hall–Kier alpha value is -3.82. The lowest BCUT2D eigenvalue weighted by Crippen LogP contribution is -2.63. The van der Waals surface area contributed by atoms with Gasteiger partial charge in [0.05, 0.1) is 12.1 Å². The maximum atomic E-state index is 14.8. The van der Waals surface area contributed by atoms with Crippen LogP contribution in [-0.4, -0.2) is 90.4 Å². The van der Waals surface area contributed by atoms with Gasteiger partial charge in [-0.3, -0.25) is 19.2 Å². The van der Waals surface area contributed by atoms with Crippen LogP contribution in [0.3, 0.4) is 0 Å². The first-order chi connectivity index (χ1) is 23.8. The molecule has 0 bridgehead atoms. The number of urea groups is 1. The number of nitrogens with one attached hydrogen (secondary N) is 5.